The average Bonchev–Trinajstić information content (AvgIpc) is 3.31. The third-order valence-electron chi connectivity index (χ3n) is 5.28. The van der Waals surface area contributed by atoms with Crippen LogP contribution < -0.4 is 0 Å². The van der Waals surface area contributed by atoms with Gasteiger partial charge in [0.2, 0.25) is 0 Å². The van der Waals surface area contributed by atoms with Crippen molar-refractivity contribution in [1.29, 1.82) is 0 Å². The van der Waals surface area contributed by atoms with Gasteiger partial charge in [-0.05, 0) is 48.6 Å². The van der Waals surface area contributed by atoms with E-state index < -0.39 is 5.97 Å². The highest BCUT2D eigenvalue weighted by Gasteiger charge is 2.25. The first kappa shape index (κ1) is 15.9. The summed E-state index contributed by atoms with van der Waals surface area (Å²) in [5.41, 5.74) is 2.77. The number of carboxylic acids is 1. The van der Waals surface area contributed by atoms with E-state index in [0.29, 0.717) is 24.8 Å². The van der Waals surface area contributed by atoms with Gasteiger partial charge in [-0.3, -0.25) is 9.48 Å². The molecular formula is C19H21N3O3. The van der Waals surface area contributed by atoms with Crippen molar-refractivity contribution in [3.63, 3.8) is 0 Å². The number of carbonyl (C=O) groups is 2. The predicted molar refractivity (Wildman–Crippen MR) is 91.6 cm³/mol. The molecule has 130 valence electrons. The van der Waals surface area contributed by atoms with E-state index in [0.717, 1.165) is 30.4 Å². The SMILES string of the molecule is O=C(O)c1ccc2c(c1)CN(C(=O)c1ccn(C3CCCC3)n1)CC2. The summed E-state index contributed by atoms with van der Waals surface area (Å²) in [5.74, 6) is -1.02. The van der Waals surface area contributed by atoms with Crippen molar-refractivity contribution in [3.8, 4) is 0 Å². The van der Waals surface area contributed by atoms with E-state index in [1.165, 1.54) is 12.8 Å². The molecular weight excluding hydrogens is 318 g/mol. The smallest absolute Gasteiger partial charge is 0.335 e. The number of hydrogen-bond donors (Lipinski definition) is 1. The molecule has 1 aromatic heterocycles. The second kappa shape index (κ2) is 6.35. The van der Waals surface area contributed by atoms with Crippen LogP contribution >= 0.6 is 0 Å². The van der Waals surface area contributed by atoms with Gasteiger partial charge >= 0.3 is 5.97 Å². The quantitative estimate of drug-likeness (QED) is 0.933. The molecule has 1 aliphatic carbocycles. The summed E-state index contributed by atoms with van der Waals surface area (Å²) in [6, 6.07) is 7.37. The van der Waals surface area contributed by atoms with Crippen LogP contribution in [0.3, 0.4) is 0 Å². The van der Waals surface area contributed by atoms with E-state index in [4.69, 9.17) is 5.11 Å². The van der Waals surface area contributed by atoms with E-state index in [2.05, 4.69) is 5.10 Å². The Kier molecular flexibility index (Phi) is 4.03. The highest BCUT2D eigenvalue weighted by atomic mass is 16.4. The third kappa shape index (κ3) is 3.04. The fourth-order valence-corrected chi connectivity index (χ4v) is 3.85. The molecule has 1 N–H and O–H groups in total. The van der Waals surface area contributed by atoms with Gasteiger partial charge < -0.3 is 10.0 Å². The van der Waals surface area contributed by atoms with Crippen LogP contribution in [0.1, 0.15) is 63.7 Å². The lowest BCUT2D eigenvalue weighted by atomic mass is 9.97. The number of rotatable bonds is 3. The van der Waals surface area contributed by atoms with Crippen LogP contribution in [0.5, 0.6) is 0 Å². The molecule has 2 heterocycles. The molecule has 6 heteroatoms. The Morgan fingerprint density at radius 3 is 2.68 bits per heavy atom. The van der Waals surface area contributed by atoms with E-state index in [1.54, 1.807) is 23.1 Å². The molecule has 4 rings (SSSR count). The zero-order valence-electron chi connectivity index (χ0n) is 14.0. The first-order valence-electron chi connectivity index (χ1n) is 8.81. The number of nitrogens with zero attached hydrogens (tertiary/aromatic N) is 3. The lowest BCUT2D eigenvalue weighted by molar-refractivity contribution is 0.0696. The van der Waals surface area contributed by atoms with Crippen molar-refractivity contribution in [1.82, 2.24) is 14.7 Å². The maximum atomic E-state index is 12.8. The van der Waals surface area contributed by atoms with Crippen molar-refractivity contribution in [2.45, 2.75) is 44.7 Å². The molecule has 1 fully saturated rings. The van der Waals surface area contributed by atoms with E-state index in [1.807, 2.05) is 16.9 Å². The number of aromatic nitrogens is 2. The van der Waals surface area contributed by atoms with Gasteiger partial charge in [-0.1, -0.05) is 18.9 Å². The molecule has 0 unspecified atom stereocenters. The van der Waals surface area contributed by atoms with Gasteiger partial charge in [-0.15, -0.1) is 0 Å². The maximum Gasteiger partial charge on any atom is 0.335 e. The molecule has 2 aromatic rings. The number of carboxylic acid groups (broad SMARTS) is 1. The van der Waals surface area contributed by atoms with Gasteiger partial charge in [0.15, 0.2) is 0 Å². The molecule has 1 aromatic carbocycles. The minimum absolute atomic E-state index is 0.0804. The summed E-state index contributed by atoms with van der Waals surface area (Å²) in [5, 5.41) is 13.7. The first-order chi connectivity index (χ1) is 12.1. The first-order valence-corrected chi connectivity index (χ1v) is 8.81. The van der Waals surface area contributed by atoms with Crippen LogP contribution in [-0.4, -0.2) is 38.2 Å². The van der Waals surface area contributed by atoms with Crippen LogP contribution in [-0.2, 0) is 13.0 Å². The molecule has 0 radical (unpaired) electrons. The number of fused-ring (bicyclic) bond motifs is 1. The summed E-state index contributed by atoms with van der Waals surface area (Å²) in [7, 11) is 0. The van der Waals surface area contributed by atoms with Crippen LogP contribution in [0, 0.1) is 0 Å². The fourth-order valence-electron chi connectivity index (χ4n) is 3.85. The lowest BCUT2D eigenvalue weighted by Crippen LogP contribution is -2.36. The maximum absolute atomic E-state index is 12.8. The Balaban J connectivity index is 1.51. The van der Waals surface area contributed by atoms with Crippen LogP contribution in [0.15, 0.2) is 30.5 Å². The van der Waals surface area contributed by atoms with Crippen molar-refractivity contribution in [2.75, 3.05) is 6.54 Å². The lowest BCUT2D eigenvalue weighted by Gasteiger charge is -2.28. The van der Waals surface area contributed by atoms with Crippen molar-refractivity contribution >= 4 is 11.9 Å². The Morgan fingerprint density at radius 1 is 1.12 bits per heavy atom. The third-order valence-corrected chi connectivity index (χ3v) is 5.28. The highest BCUT2D eigenvalue weighted by molar-refractivity contribution is 5.92. The topological polar surface area (TPSA) is 75.4 Å². The Hall–Kier alpha value is -2.63. The summed E-state index contributed by atoms with van der Waals surface area (Å²) in [4.78, 5) is 25.7. The standard InChI is InChI=1S/C19H21N3O3/c23-18(17-8-10-22(20-17)16-3-1-2-4-16)21-9-7-13-5-6-14(19(24)25)11-15(13)12-21/h5-6,8,10-11,16H,1-4,7,9,12H2,(H,24,25). The summed E-state index contributed by atoms with van der Waals surface area (Å²) >= 11 is 0. The molecule has 1 saturated carbocycles. The summed E-state index contributed by atoms with van der Waals surface area (Å²) < 4.78 is 1.93. The number of aromatic carboxylic acids is 1. The Bertz CT molecular complexity index is 821. The Labute approximate surface area is 146 Å². The van der Waals surface area contributed by atoms with Gasteiger partial charge in [0.05, 0.1) is 11.6 Å². The van der Waals surface area contributed by atoms with E-state index in [9.17, 15) is 9.59 Å². The van der Waals surface area contributed by atoms with Gasteiger partial charge in [0.1, 0.15) is 5.69 Å². The second-order valence-electron chi connectivity index (χ2n) is 6.88. The van der Waals surface area contributed by atoms with Gasteiger partial charge in [0, 0.05) is 19.3 Å². The number of carbonyl (C=O) groups excluding carboxylic acids is 1. The Morgan fingerprint density at radius 2 is 1.92 bits per heavy atom. The normalized spacial score (nSPS) is 17.5. The summed E-state index contributed by atoms with van der Waals surface area (Å²) in [6.45, 7) is 1.07. The number of hydrogen-bond acceptors (Lipinski definition) is 3. The van der Waals surface area contributed by atoms with Gasteiger partial charge in [-0.25, -0.2) is 4.79 Å². The predicted octanol–water partition coefficient (Wildman–Crippen LogP) is 2.89. The van der Waals surface area contributed by atoms with Crippen LogP contribution in [0.25, 0.3) is 0 Å². The molecule has 2 aliphatic rings. The highest BCUT2D eigenvalue weighted by Crippen LogP contribution is 2.29. The molecule has 0 spiro atoms. The molecule has 25 heavy (non-hydrogen) atoms. The summed E-state index contributed by atoms with van der Waals surface area (Å²) in [6.07, 6.45) is 7.36. The molecule has 1 aliphatic heterocycles. The van der Waals surface area contributed by atoms with E-state index in [-0.39, 0.29) is 11.5 Å². The van der Waals surface area contributed by atoms with E-state index >= 15 is 0 Å². The minimum Gasteiger partial charge on any atom is -0.478 e. The monoisotopic (exact) mass is 339 g/mol. The van der Waals surface area contributed by atoms with Crippen molar-refractivity contribution in [2.24, 2.45) is 0 Å². The average molecular weight is 339 g/mol. The fraction of sp³-hybridized carbons (Fsp3) is 0.421. The molecule has 1 amide bonds. The zero-order chi connectivity index (χ0) is 17.4. The van der Waals surface area contributed by atoms with Crippen LogP contribution in [0.2, 0.25) is 0 Å². The molecule has 6 nitrogen and oxygen atoms in total. The largest absolute Gasteiger partial charge is 0.478 e. The molecule has 0 saturated heterocycles. The number of benzene rings is 1. The van der Waals surface area contributed by atoms with Crippen LogP contribution in [0.4, 0.5) is 0 Å². The minimum atomic E-state index is -0.943. The van der Waals surface area contributed by atoms with Crippen molar-refractivity contribution < 1.29 is 14.7 Å². The van der Waals surface area contributed by atoms with Crippen molar-refractivity contribution in [3.05, 3.63) is 52.8 Å². The zero-order valence-corrected chi connectivity index (χ0v) is 14.0. The molecule has 0 bridgehead atoms. The second-order valence-corrected chi connectivity index (χ2v) is 6.88. The van der Waals surface area contributed by atoms with Gasteiger partial charge in [0.25, 0.3) is 5.91 Å². The number of amides is 1. The van der Waals surface area contributed by atoms with Gasteiger partial charge in [-0.2, -0.15) is 5.10 Å². The molecule has 0 atom stereocenters.